The molecule has 0 saturated heterocycles. The van der Waals surface area contributed by atoms with Crippen molar-refractivity contribution in [1.29, 1.82) is 0 Å². The molecule has 23 heteroatoms. The number of nitrogen functional groups attached to an aromatic ring is 1. The van der Waals surface area contributed by atoms with E-state index in [4.69, 9.17) is 45.8 Å². The number of anilines is 1. The van der Waals surface area contributed by atoms with Crippen LogP contribution in [0.1, 0.15) is 70.1 Å². The summed E-state index contributed by atoms with van der Waals surface area (Å²) in [6.07, 6.45) is 0. The molecular weight excluding hydrogens is 859 g/mol. The first-order valence-electron chi connectivity index (χ1n) is 18.3. The Kier molecular flexibility index (Phi) is 22.0. The average Bonchev–Trinajstić information content (AvgIpc) is 3.20. The molecule has 2 N–H and O–H groups in total. The highest BCUT2D eigenvalue weighted by atomic mass is 35.5. The number of halogens is 4. The third-order valence-electron chi connectivity index (χ3n) is 7.60. The Morgan fingerprint density at radius 1 is 0.565 bits per heavy atom. The number of carbonyl (C=O) groups is 6. The van der Waals surface area contributed by atoms with Crippen LogP contribution in [0, 0.1) is 37.7 Å². The number of hydrogen-bond acceptors (Lipinski definition) is 17. The van der Waals surface area contributed by atoms with E-state index in [1.807, 2.05) is 0 Å². The molecule has 3 aromatic rings. The summed E-state index contributed by atoms with van der Waals surface area (Å²) in [4.78, 5) is 88.1. The van der Waals surface area contributed by atoms with Crippen molar-refractivity contribution in [1.82, 2.24) is 0 Å². The van der Waals surface area contributed by atoms with Crippen LogP contribution in [0.2, 0.25) is 0 Å². The van der Waals surface area contributed by atoms with E-state index in [-0.39, 0.29) is 62.0 Å². The van der Waals surface area contributed by atoms with Crippen molar-refractivity contribution >= 4 is 64.5 Å². The smallest absolute Gasteiger partial charge is 0.343 e. The van der Waals surface area contributed by atoms with E-state index in [1.165, 1.54) is 26.0 Å². The second kappa shape index (κ2) is 25.7. The van der Waals surface area contributed by atoms with Gasteiger partial charge in [0.05, 0.1) is 55.2 Å². The normalized spacial score (nSPS) is 10.5. The highest BCUT2D eigenvalue weighted by Crippen LogP contribution is 2.35. The maximum Gasteiger partial charge on any atom is 0.343 e. The first-order valence-corrected chi connectivity index (χ1v) is 18.7. The Hall–Kier alpha value is -6.84. The van der Waals surface area contributed by atoms with Crippen molar-refractivity contribution in [2.24, 2.45) is 0 Å². The molecule has 0 heterocycles. The summed E-state index contributed by atoms with van der Waals surface area (Å²) in [5.41, 5.74) is 3.52. The Bertz CT molecular complexity index is 2050. The van der Waals surface area contributed by atoms with E-state index in [2.05, 4.69) is 0 Å². The Balaban J connectivity index is 0.000000466. The second-order valence-corrected chi connectivity index (χ2v) is 12.2. The number of nitrogens with two attached hydrogens (primary N) is 1. The van der Waals surface area contributed by atoms with Gasteiger partial charge in [-0.05, 0) is 88.6 Å². The Morgan fingerprint density at radius 3 is 1.19 bits per heavy atom. The molecule has 0 fully saturated rings. The molecule has 3 rings (SSSR count). The lowest BCUT2D eigenvalue weighted by molar-refractivity contribution is -0.387. The summed E-state index contributed by atoms with van der Waals surface area (Å²) < 4.78 is 69.3. The van der Waals surface area contributed by atoms with Crippen LogP contribution in [0.3, 0.4) is 0 Å². The molecule has 0 unspecified atom stereocenters. The number of hydrogen-bond donors (Lipinski definition) is 1. The molecule has 19 nitrogen and oxygen atoms in total. The SMILES string of the molecule is CCOC(=O)C(C(=O)OCC)c1ccc(N)c(F)c1.CCOC(=O)C(C(=O)OCC)c1ccc([N+](=O)[O-])c(F)c1.CCOC(=O)C(Cl)(C(=O)OCC)c1ccc([N+](=O)[O-])c(F)c1. The van der Waals surface area contributed by atoms with E-state index in [0.29, 0.717) is 6.07 Å². The molecule has 0 atom stereocenters. The van der Waals surface area contributed by atoms with Gasteiger partial charge in [-0.15, -0.1) is 0 Å². The van der Waals surface area contributed by atoms with Gasteiger partial charge in [0.25, 0.3) is 4.87 Å². The van der Waals surface area contributed by atoms with E-state index in [9.17, 15) is 62.2 Å². The number of rotatable bonds is 17. The first kappa shape index (κ1) is 53.2. The van der Waals surface area contributed by atoms with Gasteiger partial charge in [-0.1, -0.05) is 23.7 Å². The summed E-state index contributed by atoms with van der Waals surface area (Å²) in [5, 5.41) is 21.2. The van der Waals surface area contributed by atoms with Gasteiger partial charge in [0, 0.05) is 12.1 Å². The van der Waals surface area contributed by atoms with E-state index < -0.39 is 91.2 Å². The molecule has 0 radical (unpaired) electrons. The van der Waals surface area contributed by atoms with Crippen LogP contribution in [0.25, 0.3) is 0 Å². The van der Waals surface area contributed by atoms with Crippen molar-refractivity contribution in [3.05, 3.63) is 109 Å². The summed E-state index contributed by atoms with van der Waals surface area (Å²) in [7, 11) is 0. The Morgan fingerprint density at radius 2 is 0.887 bits per heavy atom. The summed E-state index contributed by atoms with van der Waals surface area (Å²) in [6, 6.07) is 8.94. The van der Waals surface area contributed by atoms with Gasteiger partial charge >= 0.3 is 47.2 Å². The monoisotopic (exact) mass is 901 g/mol. The zero-order chi connectivity index (χ0) is 47.3. The van der Waals surface area contributed by atoms with Crippen molar-refractivity contribution in [3.63, 3.8) is 0 Å². The van der Waals surface area contributed by atoms with E-state index in [1.54, 1.807) is 27.7 Å². The molecule has 0 bridgehead atoms. The fraction of sp³-hybridized carbons (Fsp3) is 0.385. The fourth-order valence-corrected chi connectivity index (χ4v) is 5.09. The average molecular weight is 902 g/mol. The number of carbonyl (C=O) groups excluding carboxylic acids is 6. The molecular formula is C39H43ClF3N3O16. The van der Waals surface area contributed by atoms with E-state index >= 15 is 0 Å². The van der Waals surface area contributed by atoms with Gasteiger partial charge in [-0.2, -0.15) is 8.78 Å². The number of ether oxygens (including phenoxy) is 6. The highest BCUT2D eigenvalue weighted by molar-refractivity contribution is 6.44. The van der Waals surface area contributed by atoms with Crippen molar-refractivity contribution in [2.45, 2.75) is 58.3 Å². The quantitative estimate of drug-likeness (QED) is 0.0316. The predicted molar refractivity (Wildman–Crippen MR) is 210 cm³/mol. The van der Waals surface area contributed by atoms with Gasteiger partial charge in [-0.3, -0.25) is 39.4 Å². The highest BCUT2D eigenvalue weighted by Gasteiger charge is 2.50. The minimum Gasteiger partial charge on any atom is -0.465 e. The van der Waals surface area contributed by atoms with Crippen LogP contribution in [0.5, 0.6) is 0 Å². The van der Waals surface area contributed by atoms with Crippen LogP contribution in [0.15, 0.2) is 54.6 Å². The molecule has 0 spiro atoms. The second-order valence-electron chi connectivity index (χ2n) is 11.6. The summed E-state index contributed by atoms with van der Waals surface area (Å²) in [6.45, 7) is 9.49. The molecule has 0 amide bonds. The van der Waals surface area contributed by atoms with Gasteiger partial charge < -0.3 is 34.2 Å². The number of benzene rings is 3. The van der Waals surface area contributed by atoms with Crippen LogP contribution < -0.4 is 5.73 Å². The van der Waals surface area contributed by atoms with Gasteiger partial charge in [0.2, 0.25) is 11.6 Å². The molecule has 0 aliphatic rings. The van der Waals surface area contributed by atoms with Crippen LogP contribution >= 0.6 is 11.6 Å². The zero-order valence-electron chi connectivity index (χ0n) is 34.1. The standard InChI is InChI=1S/C13H13ClFNO6.C13H14FNO6.C13H16FNO4/c1-3-21-11(17)13(14,12(18)22-4-2)8-5-6-10(16(19)20)9(15)7-8;1-3-20-12(16)11(13(17)21-4-2)8-5-6-10(15(18)19)9(14)7-8;1-3-18-12(16)11(13(17)19-4-2)8-5-6-10(15)9(14)7-8/h5-7H,3-4H2,1-2H3;5-7,11H,3-4H2,1-2H3;5-7,11H,3-4,15H2,1-2H3. The molecule has 0 aromatic heterocycles. The lowest BCUT2D eigenvalue weighted by Crippen LogP contribution is -2.41. The zero-order valence-corrected chi connectivity index (χ0v) is 34.9. The van der Waals surface area contributed by atoms with E-state index in [0.717, 1.165) is 36.4 Å². The van der Waals surface area contributed by atoms with Crippen molar-refractivity contribution in [3.8, 4) is 0 Å². The molecule has 0 aliphatic carbocycles. The Labute approximate surface area is 356 Å². The van der Waals surface area contributed by atoms with Gasteiger partial charge in [0.15, 0.2) is 11.8 Å². The number of nitro benzene ring substituents is 2. The molecule has 0 saturated carbocycles. The minimum atomic E-state index is -2.43. The number of alkyl halides is 1. The predicted octanol–water partition coefficient (Wildman–Crippen LogP) is 5.86. The van der Waals surface area contributed by atoms with Gasteiger partial charge in [-0.25, -0.2) is 14.0 Å². The number of esters is 6. The van der Waals surface area contributed by atoms with Crippen LogP contribution in [-0.2, 0) is 62.1 Å². The van der Waals surface area contributed by atoms with Crippen molar-refractivity contribution < 1.29 is 80.2 Å². The van der Waals surface area contributed by atoms with Crippen LogP contribution in [0.4, 0.5) is 30.2 Å². The molecule has 3 aromatic carbocycles. The number of nitrogens with zero attached hydrogens (tertiary/aromatic N) is 2. The van der Waals surface area contributed by atoms with Gasteiger partial charge in [0.1, 0.15) is 5.82 Å². The summed E-state index contributed by atoms with van der Waals surface area (Å²) >= 11 is 6.04. The third kappa shape index (κ3) is 14.4. The maximum absolute atomic E-state index is 13.7. The van der Waals surface area contributed by atoms with Crippen molar-refractivity contribution in [2.75, 3.05) is 45.4 Å². The molecule has 338 valence electrons. The molecule has 0 aliphatic heterocycles. The topological polar surface area (TPSA) is 270 Å². The largest absolute Gasteiger partial charge is 0.465 e. The lowest BCUT2D eigenvalue weighted by Gasteiger charge is -2.23. The third-order valence-corrected chi connectivity index (χ3v) is 8.13. The molecule has 62 heavy (non-hydrogen) atoms. The summed E-state index contributed by atoms with van der Waals surface area (Å²) in [5.74, 6) is -11.5. The minimum absolute atomic E-state index is 0.0319. The first-order chi connectivity index (χ1) is 29.2. The lowest BCUT2D eigenvalue weighted by atomic mass is 9.97. The number of nitro groups is 2. The fourth-order valence-electron chi connectivity index (χ4n) is 4.86. The van der Waals surface area contributed by atoms with Crippen LogP contribution in [-0.4, -0.2) is 85.3 Å². The maximum atomic E-state index is 13.7.